The summed E-state index contributed by atoms with van der Waals surface area (Å²) in [6, 6.07) is -0.742. The molecule has 1 rings (SSSR count). The summed E-state index contributed by atoms with van der Waals surface area (Å²) in [4.78, 5) is 13.1. The Morgan fingerprint density at radius 3 is 1.19 bits per heavy atom. The van der Waals surface area contributed by atoms with Gasteiger partial charge in [0.2, 0.25) is 5.91 Å². The zero-order valence-corrected chi connectivity index (χ0v) is 49.4. The predicted molar refractivity (Wildman–Crippen MR) is 327 cm³/mol. The van der Waals surface area contributed by atoms with Gasteiger partial charge in [-0.15, -0.1) is 0 Å². The molecule has 1 fully saturated rings. The lowest BCUT2D eigenvalue weighted by Gasteiger charge is -2.40. The van der Waals surface area contributed by atoms with E-state index in [2.05, 4.69) is 116 Å². The summed E-state index contributed by atoms with van der Waals surface area (Å²) < 4.78 is 11.3. The number of aliphatic hydroxyl groups excluding tert-OH is 5. The molecule has 0 aromatic carbocycles. The first-order chi connectivity index (χ1) is 37.8. The normalized spacial score (nSPS) is 19.4. The lowest BCUT2D eigenvalue weighted by Crippen LogP contribution is -2.60. The smallest absolute Gasteiger partial charge is 0.220 e. The first-order valence-electron chi connectivity index (χ1n) is 31.9. The van der Waals surface area contributed by atoms with Crippen molar-refractivity contribution < 1.29 is 39.8 Å². The summed E-state index contributed by atoms with van der Waals surface area (Å²) in [6.07, 6.45) is 74.4. The van der Waals surface area contributed by atoms with Gasteiger partial charge in [-0.1, -0.05) is 284 Å². The molecule has 0 aromatic heterocycles. The first kappa shape index (κ1) is 72.1. The lowest BCUT2D eigenvalue weighted by atomic mass is 9.99. The maximum atomic E-state index is 13.1. The van der Waals surface area contributed by atoms with Crippen LogP contribution in [0.1, 0.15) is 271 Å². The zero-order chi connectivity index (χ0) is 55.8. The molecule has 1 aliphatic rings. The van der Waals surface area contributed by atoms with Crippen molar-refractivity contribution in [3.63, 3.8) is 0 Å². The van der Waals surface area contributed by atoms with Crippen LogP contribution in [0.5, 0.6) is 0 Å². The molecule has 0 aliphatic carbocycles. The minimum Gasteiger partial charge on any atom is -0.394 e. The summed E-state index contributed by atoms with van der Waals surface area (Å²) in [5.41, 5.74) is 0. The predicted octanol–water partition coefficient (Wildman–Crippen LogP) is 16.7. The standard InChI is InChI=1S/C68H119NO8/c1-3-5-7-9-11-13-15-17-19-21-23-25-27-29-30-31-32-34-36-38-40-42-44-46-48-50-52-54-56-58-64(72)69-61(60-76-68-67(75)66(74)65(73)63(59-70)77-68)62(71)57-55-53-51-49-47-45-43-41-39-37-35-33-28-26-24-22-20-18-16-14-12-10-8-6-4-2/h5,7,11,13,17,19,23,25,29-30,32,34,38,40,44,46,61-63,65-68,70-71,73-75H,3-4,6,8-10,12,14-16,18,20-22,24,26-28,31,33,35-37,39,41-43,45,47-60H2,1-2H3,(H,69,72)/b7-5-,13-11-,19-17-,25-23-,30-29-,34-32-,40-38-,46-44-. The number of unbranched alkanes of at least 4 members (excludes halogenated alkanes) is 28. The van der Waals surface area contributed by atoms with Crippen molar-refractivity contribution in [3.8, 4) is 0 Å². The number of allylic oxidation sites excluding steroid dienone is 16. The minimum absolute atomic E-state index is 0.154. The van der Waals surface area contributed by atoms with Crippen molar-refractivity contribution in [2.75, 3.05) is 13.2 Å². The van der Waals surface area contributed by atoms with E-state index in [1.54, 1.807) is 0 Å². The van der Waals surface area contributed by atoms with Gasteiger partial charge in [0.1, 0.15) is 24.4 Å². The highest BCUT2D eigenvalue weighted by Gasteiger charge is 2.44. The maximum Gasteiger partial charge on any atom is 0.220 e. The summed E-state index contributed by atoms with van der Waals surface area (Å²) in [5, 5.41) is 54.8. The summed E-state index contributed by atoms with van der Waals surface area (Å²) in [5.74, 6) is -0.169. The lowest BCUT2D eigenvalue weighted by molar-refractivity contribution is -0.302. The van der Waals surface area contributed by atoms with Gasteiger partial charge in [-0.2, -0.15) is 0 Å². The van der Waals surface area contributed by atoms with Gasteiger partial charge in [-0.25, -0.2) is 0 Å². The third-order valence-electron chi connectivity index (χ3n) is 14.7. The molecule has 7 unspecified atom stereocenters. The van der Waals surface area contributed by atoms with Crippen LogP contribution >= 0.6 is 0 Å². The molecule has 444 valence electrons. The highest BCUT2D eigenvalue weighted by Crippen LogP contribution is 2.23. The van der Waals surface area contributed by atoms with Crippen LogP contribution < -0.4 is 5.32 Å². The topological polar surface area (TPSA) is 149 Å². The van der Waals surface area contributed by atoms with Gasteiger partial charge in [0.25, 0.3) is 0 Å². The number of amides is 1. The Kier molecular flexibility index (Phi) is 52.8. The van der Waals surface area contributed by atoms with E-state index in [1.807, 2.05) is 0 Å². The maximum absolute atomic E-state index is 13.1. The third kappa shape index (κ3) is 45.5. The molecule has 0 bridgehead atoms. The van der Waals surface area contributed by atoms with Gasteiger partial charge in [0.05, 0.1) is 25.4 Å². The average Bonchev–Trinajstić information content (AvgIpc) is 3.43. The Morgan fingerprint density at radius 2 is 0.805 bits per heavy atom. The van der Waals surface area contributed by atoms with Crippen LogP contribution in [0.25, 0.3) is 0 Å². The Hall–Kier alpha value is -2.89. The molecule has 0 saturated carbocycles. The van der Waals surface area contributed by atoms with E-state index in [0.29, 0.717) is 12.8 Å². The number of aliphatic hydroxyl groups is 5. The molecule has 6 N–H and O–H groups in total. The fraction of sp³-hybridized carbons (Fsp3) is 0.750. The highest BCUT2D eigenvalue weighted by atomic mass is 16.7. The Labute approximate surface area is 473 Å². The summed E-state index contributed by atoms with van der Waals surface area (Å²) in [7, 11) is 0. The van der Waals surface area contributed by atoms with Crippen LogP contribution in [0.15, 0.2) is 97.2 Å². The van der Waals surface area contributed by atoms with Gasteiger partial charge in [0.15, 0.2) is 6.29 Å². The number of carbonyl (C=O) groups excluding carboxylic acids is 1. The van der Waals surface area contributed by atoms with Crippen LogP contribution in [-0.2, 0) is 14.3 Å². The Morgan fingerprint density at radius 1 is 0.455 bits per heavy atom. The largest absolute Gasteiger partial charge is 0.394 e. The van der Waals surface area contributed by atoms with E-state index < -0.39 is 49.5 Å². The highest BCUT2D eigenvalue weighted by molar-refractivity contribution is 5.76. The fourth-order valence-electron chi connectivity index (χ4n) is 9.71. The molecule has 9 heteroatoms. The van der Waals surface area contributed by atoms with E-state index in [-0.39, 0.29) is 12.5 Å². The van der Waals surface area contributed by atoms with Crippen molar-refractivity contribution in [2.45, 2.75) is 314 Å². The molecular formula is C68H119NO8. The zero-order valence-electron chi connectivity index (χ0n) is 49.4. The minimum atomic E-state index is -1.57. The quantitative estimate of drug-likeness (QED) is 0.0261. The molecule has 1 amide bonds. The second-order valence-electron chi connectivity index (χ2n) is 21.8. The Bertz CT molecular complexity index is 1530. The van der Waals surface area contributed by atoms with Crippen molar-refractivity contribution >= 4 is 5.91 Å². The molecular weight excluding hydrogens is 959 g/mol. The third-order valence-corrected chi connectivity index (χ3v) is 14.7. The molecule has 0 radical (unpaired) electrons. The SMILES string of the molecule is CC/C=C\C/C=C\C/C=C\C/C=C\C/C=C\C/C=C\C/C=C\C/C=C\CCCCCCC(=O)NC(COC1OC(CO)C(O)C(O)C1O)C(O)CCCCCCCCCCCCCCCCCCCCCCCCCCC. The van der Waals surface area contributed by atoms with Gasteiger partial charge in [-0.3, -0.25) is 4.79 Å². The van der Waals surface area contributed by atoms with Crippen LogP contribution in [0, 0.1) is 0 Å². The van der Waals surface area contributed by atoms with Crippen LogP contribution in [0.4, 0.5) is 0 Å². The molecule has 7 atom stereocenters. The first-order valence-corrected chi connectivity index (χ1v) is 31.9. The number of hydrogen-bond acceptors (Lipinski definition) is 8. The van der Waals surface area contributed by atoms with Crippen molar-refractivity contribution in [1.29, 1.82) is 0 Å². The fourth-order valence-corrected chi connectivity index (χ4v) is 9.71. The monoisotopic (exact) mass is 1080 g/mol. The average molecular weight is 1080 g/mol. The van der Waals surface area contributed by atoms with E-state index in [4.69, 9.17) is 9.47 Å². The van der Waals surface area contributed by atoms with Crippen LogP contribution in [0.3, 0.4) is 0 Å². The van der Waals surface area contributed by atoms with Gasteiger partial charge >= 0.3 is 0 Å². The van der Waals surface area contributed by atoms with Crippen molar-refractivity contribution in [2.24, 2.45) is 0 Å². The van der Waals surface area contributed by atoms with E-state index >= 15 is 0 Å². The second-order valence-corrected chi connectivity index (χ2v) is 21.8. The molecule has 1 saturated heterocycles. The van der Waals surface area contributed by atoms with E-state index in [9.17, 15) is 30.3 Å². The van der Waals surface area contributed by atoms with Crippen LogP contribution in [0.2, 0.25) is 0 Å². The van der Waals surface area contributed by atoms with Crippen molar-refractivity contribution in [3.05, 3.63) is 97.2 Å². The van der Waals surface area contributed by atoms with E-state index in [0.717, 1.165) is 103 Å². The van der Waals surface area contributed by atoms with Gasteiger partial charge in [0, 0.05) is 6.42 Å². The molecule has 0 spiro atoms. The second kappa shape index (κ2) is 56.4. The molecule has 1 heterocycles. The molecule has 1 aliphatic heterocycles. The van der Waals surface area contributed by atoms with Gasteiger partial charge < -0.3 is 40.3 Å². The molecule has 77 heavy (non-hydrogen) atoms. The van der Waals surface area contributed by atoms with Gasteiger partial charge in [-0.05, 0) is 77.0 Å². The number of carbonyl (C=O) groups is 1. The van der Waals surface area contributed by atoms with E-state index in [1.165, 1.54) is 141 Å². The summed E-state index contributed by atoms with van der Waals surface area (Å²) in [6.45, 7) is 3.73. The Balaban J connectivity index is 2.21. The van der Waals surface area contributed by atoms with Crippen LogP contribution in [-0.4, -0.2) is 87.5 Å². The number of hydrogen-bond donors (Lipinski definition) is 6. The number of ether oxygens (including phenoxy) is 2. The number of rotatable bonds is 54. The summed E-state index contributed by atoms with van der Waals surface area (Å²) >= 11 is 0. The van der Waals surface area contributed by atoms with Crippen molar-refractivity contribution in [1.82, 2.24) is 5.32 Å². The molecule has 0 aromatic rings. The number of nitrogens with one attached hydrogen (secondary N) is 1. The molecule has 9 nitrogen and oxygen atoms in total.